The van der Waals surface area contributed by atoms with Crippen molar-refractivity contribution in [2.75, 3.05) is 4.90 Å². The van der Waals surface area contributed by atoms with Gasteiger partial charge in [0.1, 0.15) is 0 Å². The number of para-hydroxylation sites is 1. The van der Waals surface area contributed by atoms with Gasteiger partial charge in [0, 0.05) is 27.9 Å². The van der Waals surface area contributed by atoms with Crippen LogP contribution in [-0.2, 0) is 5.41 Å². The molecule has 3 aromatic carbocycles. The summed E-state index contributed by atoms with van der Waals surface area (Å²) in [6.45, 7) is 15.7. The number of hydrogen-bond acceptors (Lipinski definition) is 2. The highest BCUT2D eigenvalue weighted by molar-refractivity contribution is 5.88. The summed E-state index contributed by atoms with van der Waals surface area (Å²) in [5, 5.41) is 9.74. The van der Waals surface area contributed by atoms with Gasteiger partial charge in [0.15, 0.2) is 0 Å². The highest BCUT2D eigenvalue weighted by Gasteiger charge is 2.38. The Hall–Kier alpha value is -3.05. The molecule has 30 heavy (non-hydrogen) atoms. The molecule has 0 fully saturated rings. The summed E-state index contributed by atoms with van der Waals surface area (Å²) >= 11 is 0. The Morgan fingerprint density at radius 2 is 1.53 bits per heavy atom. The molecule has 4 rings (SSSR count). The van der Waals surface area contributed by atoms with Gasteiger partial charge in [-0.15, -0.1) is 0 Å². The molecule has 0 spiro atoms. The minimum Gasteiger partial charge on any atom is -0.336 e. The highest BCUT2D eigenvalue weighted by atomic mass is 15.2. The lowest BCUT2D eigenvalue weighted by molar-refractivity contribution is 0.557. The Labute approximate surface area is 180 Å². The van der Waals surface area contributed by atoms with E-state index in [0.29, 0.717) is 0 Å². The van der Waals surface area contributed by atoms with Gasteiger partial charge < -0.3 is 4.90 Å². The van der Waals surface area contributed by atoms with Gasteiger partial charge in [0.2, 0.25) is 0 Å². The molecule has 0 radical (unpaired) electrons. The van der Waals surface area contributed by atoms with Crippen LogP contribution in [0.5, 0.6) is 0 Å². The number of nitriles is 1. The van der Waals surface area contributed by atoms with E-state index in [4.69, 9.17) is 0 Å². The molecule has 0 aliphatic heterocycles. The Morgan fingerprint density at radius 3 is 2.17 bits per heavy atom. The van der Waals surface area contributed by atoms with Crippen LogP contribution in [0.15, 0.2) is 54.6 Å². The van der Waals surface area contributed by atoms with Crippen molar-refractivity contribution in [2.45, 2.75) is 59.4 Å². The fourth-order valence-electron chi connectivity index (χ4n) is 4.93. The van der Waals surface area contributed by atoms with Crippen molar-refractivity contribution >= 4 is 11.4 Å². The molecule has 1 aliphatic carbocycles. The first-order chi connectivity index (χ1) is 14.1. The molecule has 152 valence electrons. The van der Waals surface area contributed by atoms with Crippen LogP contribution < -0.4 is 4.90 Å². The molecule has 3 aromatic rings. The molecule has 0 saturated carbocycles. The Bertz CT molecular complexity index is 1190. The van der Waals surface area contributed by atoms with Crippen LogP contribution >= 0.6 is 0 Å². The van der Waals surface area contributed by atoms with Gasteiger partial charge in [0.25, 0.3) is 0 Å². The summed E-state index contributed by atoms with van der Waals surface area (Å²) in [6.07, 6.45) is 0. The van der Waals surface area contributed by atoms with E-state index in [-0.39, 0.29) is 11.0 Å². The van der Waals surface area contributed by atoms with Crippen LogP contribution in [0, 0.1) is 25.2 Å². The Morgan fingerprint density at radius 1 is 0.833 bits per heavy atom. The lowest BCUT2D eigenvalue weighted by Gasteiger charge is -2.40. The number of aryl methyl sites for hydroxylation is 2. The van der Waals surface area contributed by atoms with Crippen LogP contribution in [0.4, 0.5) is 11.4 Å². The summed E-state index contributed by atoms with van der Waals surface area (Å²) in [4.78, 5) is 2.46. The summed E-state index contributed by atoms with van der Waals surface area (Å²) in [6, 6.07) is 21.8. The average Bonchev–Trinajstić information content (AvgIpc) is 2.90. The smallest absolute Gasteiger partial charge is 0.0998 e. The Kier molecular flexibility index (Phi) is 4.55. The maximum Gasteiger partial charge on any atom is 0.0998 e. The molecule has 2 nitrogen and oxygen atoms in total. The summed E-state index contributed by atoms with van der Waals surface area (Å²) in [7, 11) is 0. The predicted octanol–water partition coefficient (Wildman–Crippen LogP) is 7.42. The summed E-state index contributed by atoms with van der Waals surface area (Å²) < 4.78 is 0. The van der Waals surface area contributed by atoms with Crippen molar-refractivity contribution in [3.63, 3.8) is 0 Å². The molecule has 0 saturated heterocycles. The van der Waals surface area contributed by atoms with Crippen molar-refractivity contribution in [3.05, 3.63) is 82.4 Å². The second-order valence-corrected chi connectivity index (χ2v) is 9.94. The number of hydrogen-bond donors (Lipinski definition) is 0. The van der Waals surface area contributed by atoms with Gasteiger partial charge in [-0.3, -0.25) is 0 Å². The molecule has 0 atom stereocenters. The predicted molar refractivity (Wildman–Crippen MR) is 127 cm³/mol. The van der Waals surface area contributed by atoms with E-state index < -0.39 is 0 Å². The number of rotatable bonds is 2. The fourth-order valence-corrected chi connectivity index (χ4v) is 4.93. The SMILES string of the molecule is Cc1ccccc1N(c1cc2c(cc1C)-c1c(C#N)cccc1C2(C)C)C(C)(C)C. The van der Waals surface area contributed by atoms with Gasteiger partial charge >= 0.3 is 0 Å². The molecule has 2 heteroatoms. The zero-order valence-electron chi connectivity index (χ0n) is 19.1. The van der Waals surface area contributed by atoms with Crippen molar-refractivity contribution in [2.24, 2.45) is 0 Å². The molecule has 0 unspecified atom stereocenters. The maximum atomic E-state index is 9.74. The van der Waals surface area contributed by atoms with Crippen LogP contribution in [0.3, 0.4) is 0 Å². The van der Waals surface area contributed by atoms with E-state index >= 15 is 0 Å². The van der Waals surface area contributed by atoms with E-state index in [2.05, 4.69) is 102 Å². The normalized spacial score (nSPS) is 14.1. The van der Waals surface area contributed by atoms with E-state index in [9.17, 15) is 5.26 Å². The molecular formula is C28H30N2. The van der Waals surface area contributed by atoms with Crippen LogP contribution in [0.1, 0.15) is 62.4 Å². The van der Waals surface area contributed by atoms with Crippen LogP contribution in [-0.4, -0.2) is 5.54 Å². The summed E-state index contributed by atoms with van der Waals surface area (Å²) in [5.74, 6) is 0. The second kappa shape index (κ2) is 6.74. The number of anilines is 2. The number of benzene rings is 3. The van der Waals surface area contributed by atoms with Gasteiger partial charge in [-0.1, -0.05) is 44.2 Å². The highest BCUT2D eigenvalue weighted by Crippen LogP contribution is 2.52. The van der Waals surface area contributed by atoms with E-state index in [0.717, 1.165) is 11.1 Å². The quantitative estimate of drug-likeness (QED) is 0.452. The van der Waals surface area contributed by atoms with E-state index in [1.54, 1.807) is 0 Å². The van der Waals surface area contributed by atoms with Crippen molar-refractivity contribution in [1.82, 2.24) is 0 Å². The average molecular weight is 395 g/mol. The van der Waals surface area contributed by atoms with Gasteiger partial charge in [-0.05, 0) is 86.7 Å². The zero-order chi connectivity index (χ0) is 21.8. The van der Waals surface area contributed by atoms with E-state index in [1.165, 1.54) is 39.2 Å². The largest absolute Gasteiger partial charge is 0.336 e. The first-order valence-electron chi connectivity index (χ1n) is 10.6. The third-order valence-corrected chi connectivity index (χ3v) is 6.41. The molecule has 0 bridgehead atoms. The lowest BCUT2D eigenvalue weighted by atomic mass is 9.81. The first-order valence-corrected chi connectivity index (χ1v) is 10.6. The molecule has 1 aliphatic rings. The first kappa shape index (κ1) is 20.2. The molecule has 0 N–H and O–H groups in total. The minimum absolute atomic E-state index is 0.0848. The van der Waals surface area contributed by atoms with Gasteiger partial charge in [-0.25, -0.2) is 0 Å². The van der Waals surface area contributed by atoms with Gasteiger partial charge in [0.05, 0.1) is 11.6 Å². The van der Waals surface area contributed by atoms with Crippen molar-refractivity contribution in [1.29, 1.82) is 5.26 Å². The minimum atomic E-state index is -0.144. The third-order valence-electron chi connectivity index (χ3n) is 6.41. The monoisotopic (exact) mass is 394 g/mol. The van der Waals surface area contributed by atoms with Crippen LogP contribution in [0.25, 0.3) is 11.1 Å². The third kappa shape index (κ3) is 2.92. The maximum absolute atomic E-state index is 9.74. The van der Waals surface area contributed by atoms with Crippen molar-refractivity contribution in [3.8, 4) is 17.2 Å². The number of nitrogens with zero attached hydrogens (tertiary/aromatic N) is 2. The fraction of sp³-hybridized carbons (Fsp3) is 0.321. The Balaban J connectivity index is 2.01. The van der Waals surface area contributed by atoms with E-state index in [1.807, 2.05) is 12.1 Å². The standard InChI is InChI=1S/C28H30N2/c1-18-11-8-9-14-24(18)30(27(3,4)5)25-16-23-21(15-19(25)2)26-20(17-29)12-10-13-22(26)28(23,6)7/h8-16H,1-7H3. The van der Waals surface area contributed by atoms with Crippen LogP contribution in [0.2, 0.25) is 0 Å². The van der Waals surface area contributed by atoms with Gasteiger partial charge in [-0.2, -0.15) is 5.26 Å². The summed E-state index contributed by atoms with van der Waals surface area (Å²) in [5.41, 5.74) is 10.3. The molecular weight excluding hydrogens is 364 g/mol. The molecule has 0 amide bonds. The topological polar surface area (TPSA) is 27.0 Å². The molecule has 0 heterocycles. The molecule has 0 aromatic heterocycles. The van der Waals surface area contributed by atoms with Crippen molar-refractivity contribution < 1.29 is 0 Å². The second-order valence-electron chi connectivity index (χ2n) is 9.94. The zero-order valence-corrected chi connectivity index (χ0v) is 19.1. The lowest BCUT2D eigenvalue weighted by Crippen LogP contribution is -2.38. The number of fused-ring (bicyclic) bond motifs is 3.